The van der Waals surface area contributed by atoms with E-state index in [9.17, 15) is 9.59 Å². The summed E-state index contributed by atoms with van der Waals surface area (Å²) in [5.41, 5.74) is 0. The second-order valence-electron chi connectivity index (χ2n) is 4.64. The minimum absolute atomic E-state index is 0.141. The van der Waals surface area contributed by atoms with Gasteiger partial charge in [-0.25, -0.2) is 0 Å². The maximum absolute atomic E-state index is 11.3. The van der Waals surface area contributed by atoms with Gasteiger partial charge >= 0.3 is 11.9 Å². The second kappa shape index (κ2) is 11.1. The summed E-state index contributed by atoms with van der Waals surface area (Å²) in [6.45, 7) is 6.94. The van der Waals surface area contributed by atoms with Gasteiger partial charge < -0.3 is 9.47 Å². The van der Waals surface area contributed by atoms with Crippen molar-refractivity contribution in [3.8, 4) is 0 Å². The van der Waals surface area contributed by atoms with Crippen molar-refractivity contribution < 1.29 is 19.1 Å². The van der Waals surface area contributed by atoms with Crippen LogP contribution >= 0.6 is 0 Å². The van der Waals surface area contributed by atoms with Crippen LogP contribution in [0, 0.1) is 5.92 Å². The van der Waals surface area contributed by atoms with E-state index in [1.165, 1.54) is 0 Å². The molecule has 0 rings (SSSR count). The average Bonchev–Trinajstić information content (AvgIpc) is 2.33. The molecule has 0 aromatic rings. The topological polar surface area (TPSA) is 52.6 Å². The maximum Gasteiger partial charge on any atom is 0.306 e. The molecule has 0 radical (unpaired) electrons. The fourth-order valence-corrected chi connectivity index (χ4v) is 1.54. The Kier molecular flexibility index (Phi) is 10.4. The van der Waals surface area contributed by atoms with Crippen molar-refractivity contribution in [2.45, 2.75) is 59.3 Å². The molecule has 0 aromatic carbocycles. The standard InChI is InChI=1S/C14H26O4/c1-4-9-17-13(15)8-6-7-12(3)11-14(16)18-10-5-2/h12H,4-11H2,1-3H3/t12-/m1/s1. The summed E-state index contributed by atoms with van der Waals surface area (Å²) in [5, 5.41) is 0. The first-order valence-corrected chi connectivity index (χ1v) is 6.91. The van der Waals surface area contributed by atoms with Crippen LogP contribution < -0.4 is 0 Å². The Morgan fingerprint density at radius 3 is 2.11 bits per heavy atom. The number of hydrogen-bond acceptors (Lipinski definition) is 4. The smallest absolute Gasteiger partial charge is 0.306 e. The van der Waals surface area contributed by atoms with Gasteiger partial charge in [-0.15, -0.1) is 0 Å². The zero-order valence-electron chi connectivity index (χ0n) is 11.9. The summed E-state index contributed by atoms with van der Waals surface area (Å²) in [4.78, 5) is 22.6. The third-order valence-corrected chi connectivity index (χ3v) is 2.53. The van der Waals surface area contributed by atoms with Gasteiger partial charge in [-0.3, -0.25) is 9.59 Å². The van der Waals surface area contributed by atoms with Crippen molar-refractivity contribution in [1.29, 1.82) is 0 Å². The Morgan fingerprint density at radius 2 is 1.56 bits per heavy atom. The van der Waals surface area contributed by atoms with Gasteiger partial charge in [-0.2, -0.15) is 0 Å². The first-order valence-electron chi connectivity index (χ1n) is 6.91. The summed E-state index contributed by atoms with van der Waals surface area (Å²) in [6, 6.07) is 0. The molecule has 0 aliphatic rings. The molecule has 0 aromatic heterocycles. The van der Waals surface area contributed by atoms with Crippen molar-refractivity contribution in [3.63, 3.8) is 0 Å². The van der Waals surface area contributed by atoms with Crippen molar-refractivity contribution in [1.82, 2.24) is 0 Å². The van der Waals surface area contributed by atoms with Crippen molar-refractivity contribution in [2.75, 3.05) is 13.2 Å². The first-order chi connectivity index (χ1) is 8.60. The molecule has 106 valence electrons. The van der Waals surface area contributed by atoms with Crippen LogP contribution in [0.1, 0.15) is 59.3 Å². The number of ether oxygens (including phenoxy) is 2. The number of carbonyl (C=O) groups is 2. The molecule has 0 aliphatic carbocycles. The number of carbonyl (C=O) groups excluding carboxylic acids is 2. The molecule has 4 heteroatoms. The van der Waals surface area contributed by atoms with E-state index < -0.39 is 0 Å². The molecule has 4 nitrogen and oxygen atoms in total. The molecule has 1 atom stereocenters. The van der Waals surface area contributed by atoms with E-state index in [0.29, 0.717) is 26.1 Å². The fraction of sp³-hybridized carbons (Fsp3) is 0.857. The van der Waals surface area contributed by atoms with E-state index in [0.717, 1.165) is 25.7 Å². The number of hydrogen-bond donors (Lipinski definition) is 0. The van der Waals surface area contributed by atoms with E-state index in [2.05, 4.69) is 0 Å². The largest absolute Gasteiger partial charge is 0.466 e. The molecule has 0 spiro atoms. The van der Waals surface area contributed by atoms with Crippen molar-refractivity contribution >= 4 is 11.9 Å². The lowest BCUT2D eigenvalue weighted by atomic mass is 10.0. The predicted octanol–water partition coefficient (Wildman–Crippen LogP) is 3.09. The molecule has 0 N–H and O–H groups in total. The molecule has 0 saturated carbocycles. The zero-order valence-corrected chi connectivity index (χ0v) is 11.9. The van der Waals surface area contributed by atoms with Gasteiger partial charge in [-0.05, 0) is 31.6 Å². The monoisotopic (exact) mass is 258 g/mol. The van der Waals surface area contributed by atoms with Crippen molar-refractivity contribution in [2.24, 2.45) is 5.92 Å². The lowest BCUT2D eigenvalue weighted by Crippen LogP contribution is -2.11. The molecular formula is C14H26O4. The van der Waals surface area contributed by atoms with Crippen LogP contribution in [0.2, 0.25) is 0 Å². The van der Waals surface area contributed by atoms with Gasteiger partial charge in [-0.1, -0.05) is 20.8 Å². The predicted molar refractivity (Wildman–Crippen MR) is 70.1 cm³/mol. The van der Waals surface area contributed by atoms with Gasteiger partial charge in [0.05, 0.1) is 13.2 Å². The highest BCUT2D eigenvalue weighted by Crippen LogP contribution is 2.13. The van der Waals surface area contributed by atoms with Gasteiger partial charge in [0.25, 0.3) is 0 Å². The molecule has 0 bridgehead atoms. The highest BCUT2D eigenvalue weighted by atomic mass is 16.5. The fourth-order valence-electron chi connectivity index (χ4n) is 1.54. The highest BCUT2D eigenvalue weighted by molar-refractivity contribution is 5.70. The molecular weight excluding hydrogens is 232 g/mol. The lowest BCUT2D eigenvalue weighted by Gasteiger charge is -2.10. The van der Waals surface area contributed by atoms with Crippen molar-refractivity contribution in [3.05, 3.63) is 0 Å². The highest BCUT2D eigenvalue weighted by Gasteiger charge is 2.11. The minimum Gasteiger partial charge on any atom is -0.466 e. The number of esters is 2. The van der Waals surface area contributed by atoms with Crippen LogP contribution in [-0.2, 0) is 19.1 Å². The number of rotatable bonds is 10. The van der Waals surface area contributed by atoms with Crippen LogP contribution in [-0.4, -0.2) is 25.2 Å². The Labute approximate surface area is 110 Å². The summed E-state index contributed by atoms with van der Waals surface area (Å²) >= 11 is 0. The molecule has 18 heavy (non-hydrogen) atoms. The van der Waals surface area contributed by atoms with Crippen LogP contribution in [0.25, 0.3) is 0 Å². The zero-order chi connectivity index (χ0) is 13.8. The summed E-state index contributed by atoms with van der Waals surface area (Å²) in [7, 11) is 0. The van der Waals surface area contributed by atoms with E-state index in [4.69, 9.17) is 9.47 Å². The van der Waals surface area contributed by atoms with Gasteiger partial charge in [0, 0.05) is 12.8 Å². The Hall–Kier alpha value is -1.06. The molecule has 0 fully saturated rings. The van der Waals surface area contributed by atoms with E-state index in [1.807, 2.05) is 20.8 Å². The Balaban J connectivity index is 3.55. The molecule has 0 aliphatic heterocycles. The summed E-state index contributed by atoms with van der Waals surface area (Å²) < 4.78 is 9.99. The average molecular weight is 258 g/mol. The summed E-state index contributed by atoms with van der Waals surface area (Å²) in [6.07, 6.45) is 4.19. The van der Waals surface area contributed by atoms with Gasteiger partial charge in [0.2, 0.25) is 0 Å². The van der Waals surface area contributed by atoms with Crippen LogP contribution in [0.3, 0.4) is 0 Å². The molecule has 0 amide bonds. The maximum atomic E-state index is 11.3. The van der Waals surface area contributed by atoms with E-state index >= 15 is 0 Å². The molecule has 0 saturated heterocycles. The minimum atomic E-state index is -0.141. The third-order valence-electron chi connectivity index (χ3n) is 2.53. The first kappa shape index (κ1) is 16.9. The Morgan fingerprint density at radius 1 is 1.00 bits per heavy atom. The van der Waals surface area contributed by atoms with Crippen LogP contribution in [0.5, 0.6) is 0 Å². The van der Waals surface area contributed by atoms with E-state index in [-0.39, 0.29) is 17.9 Å². The molecule has 0 unspecified atom stereocenters. The SMILES string of the molecule is CCCOC(=O)CCC[C@@H](C)CC(=O)OCCC. The lowest BCUT2D eigenvalue weighted by molar-refractivity contribution is -0.144. The Bertz CT molecular complexity index is 238. The van der Waals surface area contributed by atoms with E-state index in [1.54, 1.807) is 0 Å². The van der Waals surface area contributed by atoms with Gasteiger partial charge in [0.1, 0.15) is 0 Å². The molecule has 0 heterocycles. The van der Waals surface area contributed by atoms with Crippen LogP contribution in [0.15, 0.2) is 0 Å². The second-order valence-corrected chi connectivity index (χ2v) is 4.64. The third kappa shape index (κ3) is 10.1. The quantitative estimate of drug-likeness (QED) is 0.565. The van der Waals surface area contributed by atoms with Crippen LogP contribution in [0.4, 0.5) is 0 Å². The summed E-state index contributed by atoms with van der Waals surface area (Å²) in [5.74, 6) is -0.0242. The normalized spacial score (nSPS) is 11.9. The van der Waals surface area contributed by atoms with Gasteiger partial charge in [0.15, 0.2) is 0 Å².